The van der Waals surface area contributed by atoms with Crippen molar-refractivity contribution in [1.29, 1.82) is 0 Å². The number of nitrogens with zero attached hydrogens (tertiary/aromatic N) is 2. The lowest BCUT2D eigenvalue weighted by atomic mass is 10.4. The first-order valence-corrected chi connectivity index (χ1v) is 10.2. The number of aliphatic imine (C=N–C) groups is 1. The molecule has 0 atom stereocenters. The molecular formula is C16H24IN5O2S2. The van der Waals surface area contributed by atoms with E-state index in [0.29, 0.717) is 19.0 Å². The fourth-order valence-corrected chi connectivity index (χ4v) is 3.91. The molecule has 3 N–H and O–H groups in total. The van der Waals surface area contributed by atoms with Gasteiger partial charge in [0.2, 0.25) is 10.0 Å². The molecule has 1 aromatic heterocycles. The van der Waals surface area contributed by atoms with Gasteiger partial charge in [-0.1, -0.05) is 18.2 Å². The molecule has 0 bridgehead atoms. The second-order valence-corrected chi connectivity index (χ2v) is 8.34. The molecule has 0 aliphatic rings. The van der Waals surface area contributed by atoms with Crippen molar-refractivity contribution in [2.24, 2.45) is 4.99 Å². The van der Waals surface area contributed by atoms with Crippen molar-refractivity contribution >= 4 is 51.3 Å². The van der Waals surface area contributed by atoms with Gasteiger partial charge < -0.3 is 10.6 Å². The van der Waals surface area contributed by atoms with Gasteiger partial charge in [0.1, 0.15) is 0 Å². The smallest absolute Gasteiger partial charge is 0.240 e. The Labute approximate surface area is 175 Å². The number of halogens is 1. The van der Waals surface area contributed by atoms with Crippen LogP contribution < -0.4 is 15.4 Å². The van der Waals surface area contributed by atoms with E-state index < -0.39 is 10.0 Å². The van der Waals surface area contributed by atoms with Crippen LogP contribution in [0.15, 0.2) is 46.4 Å². The number of hydrogen-bond donors (Lipinski definition) is 3. The number of aromatic nitrogens is 1. The minimum atomic E-state index is -3.47. The zero-order valence-corrected chi connectivity index (χ0v) is 18.7. The summed E-state index contributed by atoms with van der Waals surface area (Å²) < 4.78 is 26.7. The summed E-state index contributed by atoms with van der Waals surface area (Å²) in [5.41, 5.74) is 0. The fraction of sp³-hybridized carbons (Fsp3) is 0.375. The molecule has 0 aliphatic carbocycles. The zero-order valence-electron chi connectivity index (χ0n) is 14.7. The molecule has 7 nitrogen and oxygen atoms in total. The maximum Gasteiger partial charge on any atom is 0.240 e. The van der Waals surface area contributed by atoms with Crippen LogP contribution in [-0.4, -0.2) is 46.0 Å². The van der Waals surface area contributed by atoms with Gasteiger partial charge in [0, 0.05) is 44.2 Å². The Balaban J connectivity index is 0.00000338. The molecule has 0 amide bonds. The van der Waals surface area contributed by atoms with E-state index in [1.54, 1.807) is 48.7 Å². The van der Waals surface area contributed by atoms with E-state index in [4.69, 9.17) is 0 Å². The van der Waals surface area contributed by atoms with Gasteiger partial charge in [-0.2, -0.15) is 0 Å². The Bertz CT molecular complexity index is 794. The van der Waals surface area contributed by atoms with E-state index in [1.165, 1.54) is 4.88 Å². The van der Waals surface area contributed by atoms with E-state index >= 15 is 0 Å². The molecule has 2 rings (SSSR count). The van der Waals surface area contributed by atoms with Crippen molar-refractivity contribution in [1.82, 2.24) is 20.3 Å². The lowest BCUT2D eigenvalue weighted by Crippen LogP contribution is -2.42. The first kappa shape index (κ1) is 22.8. The summed E-state index contributed by atoms with van der Waals surface area (Å²) in [4.78, 5) is 9.89. The van der Waals surface area contributed by atoms with E-state index in [2.05, 4.69) is 25.3 Å². The minimum Gasteiger partial charge on any atom is -0.356 e. The number of thiazole rings is 1. The SMILES string of the molecule is CN=C(NCCNS(=O)(=O)c1ccccc1)NCCc1ncc(C)s1.I. The molecule has 0 aliphatic heterocycles. The van der Waals surface area contributed by atoms with Crippen LogP contribution in [0.3, 0.4) is 0 Å². The maximum absolute atomic E-state index is 12.1. The molecule has 0 saturated heterocycles. The van der Waals surface area contributed by atoms with Crippen LogP contribution in [0.25, 0.3) is 0 Å². The summed E-state index contributed by atoms with van der Waals surface area (Å²) in [5, 5.41) is 7.34. The third kappa shape index (κ3) is 7.56. The van der Waals surface area contributed by atoms with E-state index in [1.807, 2.05) is 13.1 Å². The summed E-state index contributed by atoms with van der Waals surface area (Å²) in [5.74, 6) is 0.632. The molecule has 144 valence electrons. The minimum absolute atomic E-state index is 0. The van der Waals surface area contributed by atoms with Crippen LogP contribution in [0.5, 0.6) is 0 Å². The van der Waals surface area contributed by atoms with Crippen molar-refractivity contribution < 1.29 is 8.42 Å². The molecule has 0 spiro atoms. The second kappa shape index (κ2) is 11.5. The van der Waals surface area contributed by atoms with Crippen LogP contribution in [0.1, 0.15) is 9.88 Å². The quantitative estimate of drug-likeness (QED) is 0.218. The van der Waals surface area contributed by atoms with Crippen LogP contribution in [-0.2, 0) is 16.4 Å². The van der Waals surface area contributed by atoms with Gasteiger partial charge in [-0.15, -0.1) is 35.3 Å². The number of nitrogens with one attached hydrogen (secondary N) is 3. The number of sulfonamides is 1. The van der Waals surface area contributed by atoms with E-state index in [9.17, 15) is 8.42 Å². The summed E-state index contributed by atoms with van der Waals surface area (Å²) >= 11 is 1.68. The lowest BCUT2D eigenvalue weighted by Gasteiger charge is -2.12. The molecular weight excluding hydrogens is 485 g/mol. The van der Waals surface area contributed by atoms with Crippen LogP contribution in [0.2, 0.25) is 0 Å². The highest BCUT2D eigenvalue weighted by Crippen LogP contribution is 2.10. The van der Waals surface area contributed by atoms with Gasteiger partial charge in [0.15, 0.2) is 5.96 Å². The molecule has 2 aromatic rings. The van der Waals surface area contributed by atoms with Gasteiger partial charge in [0.05, 0.1) is 9.90 Å². The molecule has 0 saturated carbocycles. The van der Waals surface area contributed by atoms with Crippen LogP contribution in [0.4, 0.5) is 0 Å². The van der Waals surface area contributed by atoms with Crippen molar-refractivity contribution in [2.45, 2.75) is 18.2 Å². The number of guanidine groups is 1. The number of rotatable bonds is 8. The predicted molar refractivity (Wildman–Crippen MR) is 117 cm³/mol. The van der Waals surface area contributed by atoms with Gasteiger partial charge in [-0.05, 0) is 19.1 Å². The zero-order chi connectivity index (χ0) is 18.1. The highest BCUT2D eigenvalue weighted by atomic mass is 127. The average Bonchev–Trinajstić information content (AvgIpc) is 3.03. The fourth-order valence-electron chi connectivity index (χ4n) is 2.07. The van der Waals surface area contributed by atoms with Gasteiger partial charge in [0.25, 0.3) is 0 Å². The van der Waals surface area contributed by atoms with Gasteiger partial charge in [-0.3, -0.25) is 4.99 Å². The molecule has 0 fully saturated rings. The highest BCUT2D eigenvalue weighted by Gasteiger charge is 2.12. The maximum atomic E-state index is 12.1. The van der Waals surface area contributed by atoms with Gasteiger partial charge >= 0.3 is 0 Å². The molecule has 1 aromatic carbocycles. The molecule has 1 heterocycles. The summed E-state index contributed by atoms with van der Waals surface area (Å²) in [6, 6.07) is 8.31. The number of hydrogen-bond acceptors (Lipinski definition) is 5. The standard InChI is InChI=1S/C16H23N5O2S2.HI/c1-13-12-20-15(24-13)8-9-18-16(17-2)19-10-11-21-25(22,23)14-6-4-3-5-7-14;/h3-7,12,21H,8-11H2,1-2H3,(H2,17,18,19);1H. The number of benzene rings is 1. The second-order valence-electron chi connectivity index (χ2n) is 5.25. The first-order chi connectivity index (χ1) is 12.0. The highest BCUT2D eigenvalue weighted by molar-refractivity contribution is 14.0. The summed E-state index contributed by atoms with van der Waals surface area (Å²) in [7, 11) is -1.80. The topological polar surface area (TPSA) is 95.5 Å². The summed E-state index contributed by atoms with van der Waals surface area (Å²) in [6.45, 7) is 3.44. The Morgan fingerprint density at radius 1 is 1.15 bits per heavy atom. The summed E-state index contributed by atoms with van der Waals surface area (Å²) in [6.07, 6.45) is 2.69. The first-order valence-electron chi connectivity index (χ1n) is 7.92. The molecule has 0 radical (unpaired) electrons. The third-order valence-corrected chi connectivity index (χ3v) is 5.74. The van der Waals surface area contributed by atoms with Crippen LogP contribution in [0, 0.1) is 6.92 Å². The van der Waals surface area contributed by atoms with Crippen molar-refractivity contribution in [3.63, 3.8) is 0 Å². The van der Waals surface area contributed by atoms with Crippen molar-refractivity contribution in [2.75, 3.05) is 26.7 Å². The van der Waals surface area contributed by atoms with E-state index in [0.717, 1.165) is 11.4 Å². The molecule has 26 heavy (non-hydrogen) atoms. The van der Waals surface area contributed by atoms with Crippen LogP contribution >= 0.6 is 35.3 Å². The predicted octanol–water partition coefficient (Wildman–Crippen LogP) is 1.76. The van der Waals surface area contributed by atoms with Crippen molar-refractivity contribution in [3.05, 3.63) is 46.4 Å². The largest absolute Gasteiger partial charge is 0.356 e. The lowest BCUT2D eigenvalue weighted by molar-refractivity contribution is 0.580. The molecule has 10 heteroatoms. The normalized spacial score (nSPS) is 11.7. The monoisotopic (exact) mass is 509 g/mol. The van der Waals surface area contributed by atoms with E-state index in [-0.39, 0.29) is 35.4 Å². The molecule has 0 unspecified atom stereocenters. The Morgan fingerprint density at radius 3 is 2.46 bits per heavy atom. The number of aryl methyl sites for hydroxylation is 1. The average molecular weight is 509 g/mol. The van der Waals surface area contributed by atoms with Gasteiger partial charge in [-0.25, -0.2) is 18.1 Å². The Hall–Kier alpha value is -1.24. The van der Waals surface area contributed by atoms with Crippen molar-refractivity contribution in [3.8, 4) is 0 Å². The Morgan fingerprint density at radius 2 is 1.85 bits per heavy atom. The Kier molecular flexibility index (Phi) is 10.1. The third-order valence-electron chi connectivity index (χ3n) is 3.29.